The van der Waals surface area contributed by atoms with Crippen molar-refractivity contribution in [2.75, 3.05) is 36.4 Å². The molecule has 2 aliphatic heterocycles. The van der Waals surface area contributed by atoms with Crippen LogP contribution in [0.5, 0.6) is 0 Å². The van der Waals surface area contributed by atoms with Crippen LogP contribution in [0.3, 0.4) is 0 Å². The Balaban J connectivity index is 1.24. The van der Waals surface area contributed by atoms with Gasteiger partial charge in [-0.25, -0.2) is 14.2 Å². The minimum atomic E-state index is -4.35. The molecule has 2 aliphatic rings. The van der Waals surface area contributed by atoms with Crippen LogP contribution in [0, 0.1) is 5.82 Å². The van der Waals surface area contributed by atoms with E-state index in [0.717, 1.165) is 43.6 Å². The van der Waals surface area contributed by atoms with Gasteiger partial charge in [0.2, 0.25) is 0 Å². The molecule has 1 fully saturated rings. The summed E-state index contributed by atoms with van der Waals surface area (Å²) >= 11 is 5.94. The number of nitrogens with zero attached hydrogens (tertiary/aromatic N) is 3. The van der Waals surface area contributed by atoms with Gasteiger partial charge in [0.15, 0.2) is 0 Å². The van der Waals surface area contributed by atoms with Gasteiger partial charge in [0.25, 0.3) is 0 Å². The highest BCUT2D eigenvalue weighted by molar-refractivity contribution is 6.29. The number of hydrogen-bond acceptors (Lipinski definition) is 3. The summed E-state index contributed by atoms with van der Waals surface area (Å²) < 4.78 is 52.6. The maximum Gasteiger partial charge on any atom is 0.416 e. The summed E-state index contributed by atoms with van der Waals surface area (Å²) in [5, 5.41) is 3.12. The number of hydrogen-bond donors (Lipinski definition) is 1. The van der Waals surface area contributed by atoms with Crippen molar-refractivity contribution in [1.82, 2.24) is 9.88 Å². The second-order valence-corrected chi connectivity index (χ2v) is 10.0. The molecule has 3 heterocycles. The van der Waals surface area contributed by atoms with E-state index >= 15 is 0 Å². The molecule has 198 valence electrons. The van der Waals surface area contributed by atoms with E-state index in [9.17, 15) is 22.4 Å². The number of benzene rings is 2. The minimum absolute atomic E-state index is 0.267. The van der Waals surface area contributed by atoms with Gasteiger partial charge in [0.1, 0.15) is 11.0 Å². The number of amides is 2. The molecule has 0 bridgehead atoms. The average molecular weight is 545 g/mol. The minimum Gasteiger partial charge on any atom is -0.307 e. The molecule has 38 heavy (non-hydrogen) atoms. The number of carbonyl (C=O) groups excluding carboxylic acids is 1. The third kappa shape index (κ3) is 5.54. The topological polar surface area (TPSA) is 48.5 Å². The maximum atomic E-state index is 14.3. The van der Waals surface area contributed by atoms with Crippen molar-refractivity contribution in [3.63, 3.8) is 0 Å². The van der Waals surface area contributed by atoms with Crippen molar-refractivity contribution in [2.24, 2.45) is 0 Å². The Hall–Kier alpha value is -3.43. The Morgan fingerprint density at radius 3 is 2.50 bits per heavy atom. The number of alkyl halides is 3. The van der Waals surface area contributed by atoms with Crippen LogP contribution in [0.2, 0.25) is 5.15 Å². The zero-order valence-electron chi connectivity index (χ0n) is 20.3. The van der Waals surface area contributed by atoms with Crippen molar-refractivity contribution in [3.8, 4) is 0 Å². The average Bonchev–Trinajstić information content (AvgIpc) is 3.18. The first-order chi connectivity index (χ1) is 18.1. The fourth-order valence-electron chi connectivity index (χ4n) is 5.21. The highest BCUT2D eigenvalue weighted by Crippen LogP contribution is 2.47. The van der Waals surface area contributed by atoms with Crippen LogP contribution in [-0.2, 0) is 11.6 Å². The first-order valence-corrected chi connectivity index (χ1v) is 12.6. The number of pyridine rings is 1. The molecule has 1 aromatic heterocycles. The quantitative estimate of drug-likeness (QED) is 0.284. The van der Waals surface area contributed by atoms with Crippen LogP contribution >= 0.6 is 11.6 Å². The highest BCUT2D eigenvalue weighted by Gasteiger charge is 2.46. The van der Waals surface area contributed by atoms with Crippen LogP contribution in [0.15, 0.2) is 66.9 Å². The van der Waals surface area contributed by atoms with Gasteiger partial charge in [0.05, 0.1) is 5.56 Å². The fraction of sp³-hybridized carbons (Fsp3) is 0.286. The van der Waals surface area contributed by atoms with Gasteiger partial charge in [-0.3, -0.25) is 9.80 Å². The zero-order chi connectivity index (χ0) is 26.9. The van der Waals surface area contributed by atoms with Crippen molar-refractivity contribution < 1.29 is 22.4 Å². The van der Waals surface area contributed by atoms with Gasteiger partial charge in [-0.2, -0.15) is 13.2 Å². The SMILES string of the molecule is O=C(Nc1ccnc(Cl)c1)N1CC2(CCN(C/C=C/c3ccc(C(F)(F)F)cc3)CC2)c2cc(F)ccc21. The molecule has 5 rings (SSSR count). The maximum absolute atomic E-state index is 14.3. The molecule has 0 saturated carbocycles. The van der Waals surface area contributed by atoms with Crippen LogP contribution < -0.4 is 10.2 Å². The van der Waals surface area contributed by atoms with Gasteiger partial charge in [-0.1, -0.05) is 35.9 Å². The molecule has 2 aromatic carbocycles. The van der Waals surface area contributed by atoms with E-state index in [2.05, 4.69) is 15.2 Å². The highest BCUT2D eigenvalue weighted by atomic mass is 35.5. The second-order valence-electron chi connectivity index (χ2n) is 9.65. The van der Waals surface area contributed by atoms with Gasteiger partial charge in [-0.05, 0) is 79.5 Å². The summed E-state index contributed by atoms with van der Waals surface area (Å²) in [5.41, 5.74) is 1.72. The lowest BCUT2D eigenvalue weighted by molar-refractivity contribution is -0.137. The van der Waals surface area contributed by atoms with Crippen LogP contribution in [0.4, 0.5) is 33.7 Å². The number of halogens is 5. The van der Waals surface area contributed by atoms with E-state index in [1.165, 1.54) is 30.5 Å². The normalized spacial score (nSPS) is 17.2. The largest absolute Gasteiger partial charge is 0.416 e. The molecule has 1 spiro atoms. The molecule has 3 aromatic rings. The second kappa shape index (κ2) is 10.4. The smallest absolute Gasteiger partial charge is 0.307 e. The standard InChI is InChI=1S/C28H25ClF4N4O/c29-25-17-22(9-12-34-25)35-26(38)37-18-27(23-16-21(30)7-8-24(23)37)10-14-36(15-11-27)13-1-2-19-3-5-20(6-4-19)28(31,32)33/h1-9,12,16-17H,10-11,13-15,18H2,(H,34,35,38)/b2-1+. The zero-order valence-corrected chi connectivity index (χ0v) is 21.1. The number of carbonyl (C=O) groups is 1. The number of rotatable bonds is 4. The predicted molar refractivity (Wildman–Crippen MR) is 140 cm³/mol. The molecule has 0 unspecified atom stereocenters. The Morgan fingerprint density at radius 2 is 1.82 bits per heavy atom. The molecule has 2 amide bonds. The first-order valence-electron chi connectivity index (χ1n) is 12.2. The van der Waals surface area contributed by atoms with Crippen molar-refractivity contribution in [2.45, 2.75) is 24.4 Å². The molecule has 0 atom stereocenters. The van der Waals surface area contributed by atoms with E-state index in [4.69, 9.17) is 11.6 Å². The number of fused-ring (bicyclic) bond motifs is 2. The predicted octanol–water partition coefficient (Wildman–Crippen LogP) is 6.99. The molecule has 5 nitrogen and oxygen atoms in total. The molecular formula is C28H25ClF4N4O. The fourth-order valence-corrected chi connectivity index (χ4v) is 5.38. The van der Waals surface area contributed by atoms with Crippen molar-refractivity contribution >= 4 is 35.1 Å². The Kier molecular flexibility index (Phi) is 7.15. The van der Waals surface area contributed by atoms with Gasteiger partial charge < -0.3 is 5.32 Å². The van der Waals surface area contributed by atoms with E-state index in [1.54, 1.807) is 23.1 Å². The molecule has 0 radical (unpaired) electrons. The summed E-state index contributed by atoms with van der Waals surface area (Å²) in [4.78, 5) is 21.0. The number of anilines is 2. The third-order valence-electron chi connectivity index (χ3n) is 7.23. The molecule has 10 heteroatoms. The lowest BCUT2D eigenvalue weighted by Crippen LogP contribution is -2.46. The Bertz CT molecular complexity index is 1350. The van der Waals surface area contributed by atoms with E-state index < -0.39 is 11.7 Å². The van der Waals surface area contributed by atoms with Gasteiger partial charge in [0, 0.05) is 36.1 Å². The monoisotopic (exact) mass is 544 g/mol. The summed E-state index contributed by atoms with van der Waals surface area (Å²) in [6.07, 6.45) is 2.38. The number of likely N-dealkylation sites (tertiary alicyclic amines) is 1. The summed E-state index contributed by atoms with van der Waals surface area (Å²) in [6.45, 7) is 2.55. The molecule has 1 saturated heterocycles. The van der Waals surface area contributed by atoms with E-state index in [-0.39, 0.29) is 22.4 Å². The molecule has 1 N–H and O–H groups in total. The van der Waals surface area contributed by atoms with Crippen LogP contribution in [0.1, 0.15) is 29.5 Å². The van der Waals surface area contributed by atoms with Crippen LogP contribution in [-0.4, -0.2) is 42.1 Å². The summed E-state index contributed by atoms with van der Waals surface area (Å²) in [5.74, 6) is -0.340. The number of nitrogens with one attached hydrogen (secondary N) is 1. The van der Waals surface area contributed by atoms with E-state index in [0.29, 0.717) is 30.0 Å². The van der Waals surface area contributed by atoms with E-state index in [1.807, 2.05) is 12.2 Å². The van der Waals surface area contributed by atoms with Gasteiger partial charge >= 0.3 is 12.2 Å². The third-order valence-corrected chi connectivity index (χ3v) is 7.44. The Morgan fingerprint density at radius 1 is 1.08 bits per heavy atom. The number of urea groups is 1. The first kappa shape index (κ1) is 26.2. The molecule has 0 aliphatic carbocycles. The number of piperidine rings is 1. The summed E-state index contributed by atoms with van der Waals surface area (Å²) in [7, 11) is 0. The van der Waals surface area contributed by atoms with Gasteiger partial charge in [-0.15, -0.1) is 0 Å². The van der Waals surface area contributed by atoms with Crippen LogP contribution in [0.25, 0.3) is 6.08 Å². The lowest BCUT2D eigenvalue weighted by atomic mass is 9.74. The van der Waals surface area contributed by atoms with Crippen molar-refractivity contribution in [1.29, 1.82) is 0 Å². The lowest BCUT2D eigenvalue weighted by Gasteiger charge is -2.39. The number of aromatic nitrogens is 1. The summed E-state index contributed by atoms with van der Waals surface area (Å²) in [6, 6.07) is 12.5. The molecular weight excluding hydrogens is 520 g/mol. The Labute approximate surface area is 222 Å². The van der Waals surface area contributed by atoms with Crippen molar-refractivity contribution in [3.05, 3.63) is 94.5 Å².